The fourth-order valence-corrected chi connectivity index (χ4v) is 1.39. The fraction of sp³-hybridized carbons (Fsp3) is 0.100. The van der Waals surface area contributed by atoms with Gasteiger partial charge in [-0.05, 0) is 17.7 Å². The molecule has 66 valence electrons. The Kier molecular flexibility index (Phi) is 1.87. The first-order chi connectivity index (χ1) is 6.31. The Morgan fingerprint density at radius 3 is 2.85 bits per heavy atom. The highest BCUT2D eigenvalue weighted by molar-refractivity contribution is 5.81. The zero-order valence-electron chi connectivity index (χ0n) is 6.95. The Morgan fingerprint density at radius 2 is 2.08 bits per heavy atom. The zero-order chi connectivity index (χ0) is 9.26. The molecular formula is C10H9NO2. The summed E-state index contributed by atoms with van der Waals surface area (Å²) in [6.45, 7) is -0.0105. The number of fused-ring (bicyclic) bond motifs is 1. The molecule has 3 nitrogen and oxygen atoms in total. The van der Waals surface area contributed by atoms with Crippen LogP contribution < -0.4 is 5.56 Å². The van der Waals surface area contributed by atoms with Crippen LogP contribution >= 0.6 is 0 Å². The molecule has 0 amide bonds. The summed E-state index contributed by atoms with van der Waals surface area (Å²) < 4.78 is 0. The number of aromatic amines is 1. The number of hydrogen-bond donors (Lipinski definition) is 2. The average molecular weight is 175 g/mol. The van der Waals surface area contributed by atoms with E-state index in [4.69, 9.17) is 5.11 Å². The molecule has 3 heteroatoms. The van der Waals surface area contributed by atoms with E-state index < -0.39 is 0 Å². The van der Waals surface area contributed by atoms with E-state index in [1.807, 2.05) is 18.2 Å². The van der Waals surface area contributed by atoms with E-state index in [1.54, 1.807) is 6.07 Å². The van der Waals surface area contributed by atoms with Gasteiger partial charge in [0.2, 0.25) is 5.56 Å². The third-order valence-corrected chi connectivity index (χ3v) is 2.03. The van der Waals surface area contributed by atoms with Crippen LogP contribution in [0.5, 0.6) is 0 Å². The van der Waals surface area contributed by atoms with Crippen molar-refractivity contribution in [2.45, 2.75) is 6.61 Å². The van der Waals surface area contributed by atoms with E-state index in [2.05, 4.69) is 4.98 Å². The van der Waals surface area contributed by atoms with Gasteiger partial charge in [0, 0.05) is 17.0 Å². The highest BCUT2D eigenvalue weighted by atomic mass is 16.3. The third-order valence-electron chi connectivity index (χ3n) is 2.03. The van der Waals surface area contributed by atoms with Crippen LogP contribution in [0.25, 0.3) is 10.9 Å². The molecule has 0 spiro atoms. The quantitative estimate of drug-likeness (QED) is 0.679. The molecule has 0 aliphatic carbocycles. The largest absolute Gasteiger partial charge is 0.392 e. The van der Waals surface area contributed by atoms with Crippen molar-refractivity contribution >= 4 is 10.9 Å². The molecule has 0 atom stereocenters. The lowest BCUT2D eigenvalue weighted by Crippen LogP contribution is -2.03. The number of hydrogen-bond acceptors (Lipinski definition) is 2. The van der Waals surface area contributed by atoms with Gasteiger partial charge in [0.1, 0.15) is 0 Å². The maximum Gasteiger partial charge on any atom is 0.248 e. The van der Waals surface area contributed by atoms with Crippen molar-refractivity contribution in [1.29, 1.82) is 0 Å². The van der Waals surface area contributed by atoms with Crippen LogP contribution in [-0.4, -0.2) is 10.1 Å². The molecule has 2 rings (SSSR count). The topological polar surface area (TPSA) is 53.1 Å². The number of nitrogens with one attached hydrogen (secondary N) is 1. The van der Waals surface area contributed by atoms with E-state index in [0.29, 0.717) is 0 Å². The van der Waals surface area contributed by atoms with Crippen molar-refractivity contribution < 1.29 is 5.11 Å². The van der Waals surface area contributed by atoms with E-state index in [1.165, 1.54) is 6.07 Å². The summed E-state index contributed by atoms with van der Waals surface area (Å²) >= 11 is 0. The van der Waals surface area contributed by atoms with Crippen molar-refractivity contribution in [2.24, 2.45) is 0 Å². The predicted molar refractivity (Wildman–Crippen MR) is 50.5 cm³/mol. The van der Waals surface area contributed by atoms with Gasteiger partial charge in [-0.2, -0.15) is 0 Å². The van der Waals surface area contributed by atoms with E-state index in [9.17, 15) is 4.79 Å². The van der Waals surface area contributed by atoms with Crippen molar-refractivity contribution in [3.05, 3.63) is 46.2 Å². The molecule has 13 heavy (non-hydrogen) atoms. The second kappa shape index (κ2) is 3.03. The van der Waals surface area contributed by atoms with Gasteiger partial charge in [-0.1, -0.05) is 12.1 Å². The highest BCUT2D eigenvalue weighted by Gasteiger charge is 1.98. The second-order valence-electron chi connectivity index (χ2n) is 2.86. The van der Waals surface area contributed by atoms with Crippen molar-refractivity contribution in [3.8, 4) is 0 Å². The molecule has 0 radical (unpaired) electrons. The van der Waals surface area contributed by atoms with Crippen LogP contribution in [0.2, 0.25) is 0 Å². The summed E-state index contributed by atoms with van der Waals surface area (Å²) in [5, 5.41) is 9.91. The molecule has 0 saturated carbocycles. The van der Waals surface area contributed by atoms with Gasteiger partial charge < -0.3 is 10.1 Å². The standard InChI is InChI=1S/C10H9NO2/c12-6-7-2-1-3-9-8(7)4-5-10(13)11-9/h1-5,12H,6H2,(H,11,13). The molecule has 0 unspecified atom stereocenters. The highest BCUT2D eigenvalue weighted by Crippen LogP contribution is 2.14. The summed E-state index contributed by atoms with van der Waals surface area (Å²) in [6.07, 6.45) is 0. The van der Waals surface area contributed by atoms with Gasteiger partial charge in [-0.3, -0.25) is 4.79 Å². The molecule has 2 aromatic rings. The predicted octanol–water partition coefficient (Wildman–Crippen LogP) is 1.02. The maximum atomic E-state index is 11.0. The minimum atomic E-state index is -0.123. The maximum absolute atomic E-state index is 11.0. The number of aromatic nitrogens is 1. The van der Waals surface area contributed by atoms with Gasteiger partial charge in [0.25, 0.3) is 0 Å². The minimum absolute atomic E-state index is 0.0105. The fourth-order valence-electron chi connectivity index (χ4n) is 1.39. The Morgan fingerprint density at radius 1 is 1.23 bits per heavy atom. The Hall–Kier alpha value is -1.61. The lowest BCUT2D eigenvalue weighted by Gasteiger charge is -2.01. The van der Waals surface area contributed by atoms with Crippen molar-refractivity contribution in [1.82, 2.24) is 4.98 Å². The van der Waals surface area contributed by atoms with Crippen LogP contribution in [0, 0.1) is 0 Å². The monoisotopic (exact) mass is 175 g/mol. The number of aliphatic hydroxyl groups excluding tert-OH is 1. The average Bonchev–Trinajstić information content (AvgIpc) is 2.16. The molecule has 2 N–H and O–H groups in total. The first kappa shape index (κ1) is 8.01. The summed E-state index contributed by atoms with van der Waals surface area (Å²) in [5.74, 6) is 0. The van der Waals surface area contributed by atoms with Crippen molar-refractivity contribution in [2.75, 3.05) is 0 Å². The van der Waals surface area contributed by atoms with Gasteiger partial charge in [-0.15, -0.1) is 0 Å². The van der Waals surface area contributed by atoms with Gasteiger partial charge in [0.05, 0.1) is 6.61 Å². The first-order valence-corrected chi connectivity index (χ1v) is 4.03. The normalized spacial score (nSPS) is 10.5. The lowest BCUT2D eigenvalue weighted by molar-refractivity contribution is 0.283. The van der Waals surface area contributed by atoms with Gasteiger partial charge in [0.15, 0.2) is 0 Å². The van der Waals surface area contributed by atoms with Crippen LogP contribution in [0.1, 0.15) is 5.56 Å². The molecule has 0 saturated heterocycles. The van der Waals surface area contributed by atoms with Gasteiger partial charge >= 0.3 is 0 Å². The summed E-state index contributed by atoms with van der Waals surface area (Å²) in [6, 6.07) is 8.64. The zero-order valence-corrected chi connectivity index (χ0v) is 6.95. The van der Waals surface area contributed by atoms with Crippen LogP contribution in [-0.2, 0) is 6.61 Å². The van der Waals surface area contributed by atoms with Crippen LogP contribution in [0.4, 0.5) is 0 Å². The second-order valence-corrected chi connectivity index (χ2v) is 2.86. The van der Waals surface area contributed by atoms with Crippen LogP contribution in [0.3, 0.4) is 0 Å². The minimum Gasteiger partial charge on any atom is -0.392 e. The number of pyridine rings is 1. The molecule has 0 aliphatic heterocycles. The summed E-state index contributed by atoms with van der Waals surface area (Å²) in [7, 11) is 0. The lowest BCUT2D eigenvalue weighted by atomic mass is 10.1. The Bertz CT molecular complexity index is 487. The number of benzene rings is 1. The Balaban J connectivity index is 2.85. The third kappa shape index (κ3) is 1.34. The Labute approximate surface area is 74.7 Å². The number of aliphatic hydroxyl groups is 1. The molecule has 1 aromatic heterocycles. The van der Waals surface area contributed by atoms with Crippen LogP contribution in [0.15, 0.2) is 35.1 Å². The molecule has 0 aliphatic rings. The first-order valence-electron chi connectivity index (χ1n) is 4.03. The van der Waals surface area contributed by atoms with E-state index in [0.717, 1.165) is 16.5 Å². The SMILES string of the molecule is O=c1ccc2c(CO)cccc2[nH]1. The summed E-state index contributed by atoms with van der Waals surface area (Å²) in [5.41, 5.74) is 1.47. The number of H-pyrrole nitrogens is 1. The van der Waals surface area contributed by atoms with E-state index in [-0.39, 0.29) is 12.2 Å². The number of rotatable bonds is 1. The van der Waals surface area contributed by atoms with Crippen molar-refractivity contribution in [3.63, 3.8) is 0 Å². The van der Waals surface area contributed by atoms with Gasteiger partial charge in [-0.25, -0.2) is 0 Å². The smallest absolute Gasteiger partial charge is 0.248 e. The molecule has 0 bridgehead atoms. The molecule has 1 heterocycles. The molecular weight excluding hydrogens is 166 g/mol. The molecule has 0 fully saturated rings. The summed E-state index contributed by atoms with van der Waals surface area (Å²) in [4.78, 5) is 13.7. The molecule has 1 aromatic carbocycles. The van der Waals surface area contributed by atoms with E-state index >= 15 is 0 Å².